The summed E-state index contributed by atoms with van der Waals surface area (Å²) in [4.78, 5) is 54.0. The summed E-state index contributed by atoms with van der Waals surface area (Å²) in [6, 6.07) is 29.8. The van der Waals surface area contributed by atoms with Gasteiger partial charge in [0.25, 0.3) is 11.8 Å². The molecule has 1 fully saturated rings. The van der Waals surface area contributed by atoms with Gasteiger partial charge in [-0.15, -0.1) is 11.8 Å². The number of carbonyl (C=O) groups is 4. The van der Waals surface area contributed by atoms with Crippen molar-refractivity contribution >= 4 is 68.8 Å². The number of hydrogen-bond acceptors (Lipinski definition) is 6. The second-order valence-corrected chi connectivity index (χ2v) is 11.9. The standard InChI is InChI=1S/C34H28BrN3O5S/c1-2-43-27-16-8-22(9-17-27)20-29(37-32(40)23-6-4-3-5-7-23)33(41)36-25-12-18-28(19-13-25)44-30-21-31(39)38(34(30)42)26-14-10-24(35)11-15-26/h3-20,30H,2,21H2,1H3,(H,36,41)(H,37,40)/b29-20-. The van der Waals surface area contributed by atoms with Crippen LogP contribution in [0.2, 0.25) is 0 Å². The molecule has 0 aromatic heterocycles. The van der Waals surface area contributed by atoms with Crippen molar-refractivity contribution < 1.29 is 23.9 Å². The van der Waals surface area contributed by atoms with Gasteiger partial charge in [-0.25, -0.2) is 4.90 Å². The summed E-state index contributed by atoms with van der Waals surface area (Å²) < 4.78 is 6.35. The van der Waals surface area contributed by atoms with Gasteiger partial charge in [0.2, 0.25) is 11.8 Å². The van der Waals surface area contributed by atoms with Crippen molar-refractivity contribution in [2.75, 3.05) is 16.8 Å². The highest BCUT2D eigenvalue weighted by atomic mass is 79.9. The third-order valence-electron chi connectivity index (χ3n) is 6.61. The summed E-state index contributed by atoms with van der Waals surface area (Å²) in [6.07, 6.45) is 1.69. The zero-order chi connectivity index (χ0) is 31.1. The van der Waals surface area contributed by atoms with E-state index in [-0.39, 0.29) is 23.9 Å². The fraction of sp³-hybridized carbons (Fsp3) is 0.118. The first-order valence-corrected chi connectivity index (χ1v) is 15.5. The first kappa shape index (κ1) is 30.8. The number of thioether (sulfide) groups is 1. The predicted octanol–water partition coefficient (Wildman–Crippen LogP) is 6.68. The van der Waals surface area contributed by atoms with Gasteiger partial charge in [-0.1, -0.05) is 46.3 Å². The first-order valence-electron chi connectivity index (χ1n) is 13.8. The molecule has 0 bridgehead atoms. The van der Waals surface area contributed by atoms with E-state index in [0.717, 1.165) is 9.37 Å². The Hall–Kier alpha value is -4.67. The van der Waals surface area contributed by atoms with Crippen molar-refractivity contribution in [2.24, 2.45) is 0 Å². The summed E-state index contributed by atoms with van der Waals surface area (Å²) in [5, 5.41) is 5.01. The Bertz CT molecular complexity index is 1690. The van der Waals surface area contributed by atoms with E-state index in [1.54, 1.807) is 109 Å². The van der Waals surface area contributed by atoms with E-state index < -0.39 is 17.1 Å². The zero-order valence-corrected chi connectivity index (χ0v) is 26.1. The van der Waals surface area contributed by atoms with Gasteiger partial charge in [0.1, 0.15) is 11.4 Å². The Morgan fingerprint density at radius 3 is 2.27 bits per heavy atom. The van der Waals surface area contributed by atoms with E-state index in [0.29, 0.717) is 34.9 Å². The largest absolute Gasteiger partial charge is 0.494 e. The molecule has 1 unspecified atom stereocenters. The molecule has 1 atom stereocenters. The summed E-state index contributed by atoms with van der Waals surface area (Å²) in [7, 11) is 0. The molecule has 0 spiro atoms. The summed E-state index contributed by atoms with van der Waals surface area (Å²) in [5.74, 6) is -0.740. The molecule has 0 aliphatic carbocycles. The SMILES string of the molecule is CCOc1ccc(/C=C(\NC(=O)c2ccccc2)C(=O)Nc2ccc(SC3CC(=O)N(c4ccc(Br)cc4)C3=O)cc2)cc1. The summed E-state index contributed by atoms with van der Waals surface area (Å²) >= 11 is 4.66. The molecule has 1 saturated heterocycles. The number of hydrogen-bond donors (Lipinski definition) is 2. The summed E-state index contributed by atoms with van der Waals surface area (Å²) in [5.41, 5.74) is 2.21. The van der Waals surface area contributed by atoms with Crippen LogP contribution in [-0.2, 0) is 14.4 Å². The number of halogens is 1. The minimum Gasteiger partial charge on any atom is -0.494 e. The molecule has 222 valence electrons. The molecule has 44 heavy (non-hydrogen) atoms. The topological polar surface area (TPSA) is 105 Å². The highest BCUT2D eigenvalue weighted by Gasteiger charge is 2.40. The van der Waals surface area contributed by atoms with Crippen LogP contribution in [0.4, 0.5) is 11.4 Å². The normalized spacial score (nSPS) is 14.8. The minimum atomic E-state index is -0.552. The van der Waals surface area contributed by atoms with Gasteiger partial charge in [-0.3, -0.25) is 19.2 Å². The molecule has 4 aromatic rings. The molecule has 4 aromatic carbocycles. The van der Waals surface area contributed by atoms with Crippen LogP contribution >= 0.6 is 27.7 Å². The Labute approximate surface area is 267 Å². The van der Waals surface area contributed by atoms with Gasteiger partial charge in [0, 0.05) is 27.0 Å². The van der Waals surface area contributed by atoms with Gasteiger partial charge in [-0.2, -0.15) is 0 Å². The number of amides is 4. The van der Waals surface area contributed by atoms with Crippen LogP contribution in [-0.4, -0.2) is 35.5 Å². The van der Waals surface area contributed by atoms with Crippen molar-refractivity contribution in [2.45, 2.75) is 23.5 Å². The maximum absolute atomic E-state index is 13.4. The van der Waals surface area contributed by atoms with Crippen molar-refractivity contribution in [3.05, 3.63) is 124 Å². The highest BCUT2D eigenvalue weighted by Crippen LogP contribution is 2.34. The summed E-state index contributed by atoms with van der Waals surface area (Å²) in [6.45, 7) is 2.43. The lowest BCUT2D eigenvalue weighted by Gasteiger charge is -2.15. The first-order chi connectivity index (χ1) is 21.3. The zero-order valence-electron chi connectivity index (χ0n) is 23.7. The molecular formula is C34H28BrN3O5S. The van der Waals surface area contributed by atoms with Gasteiger partial charge in [-0.05, 0) is 91.4 Å². The third kappa shape index (κ3) is 7.64. The maximum Gasteiger partial charge on any atom is 0.272 e. The Morgan fingerprint density at radius 1 is 0.932 bits per heavy atom. The molecule has 4 amide bonds. The van der Waals surface area contributed by atoms with Crippen LogP contribution in [0.1, 0.15) is 29.3 Å². The fourth-order valence-corrected chi connectivity index (χ4v) is 5.79. The molecule has 10 heteroatoms. The van der Waals surface area contributed by atoms with Crippen LogP contribution in [0.3, 0.4) is 0 Å². The number of carbonyl (C=O) groups excluding carboxylic acids is 4. The van der Waals surface area contributed by atoms with E-state index in [1.807, 2.05) is 6.92 Å². The van der Waals surface area contributed by atoms with Crippen molar-refractivity contribution in [3.63, 3.8) is 0 Å². The Balaban J connectivity index is 1.28. The number of rotatable bonds is 10. The molecular weight excluding hydrogens is 642 g/mol. The maximum atomic E-state index is 13.4. The van der Waals surface area contributed by atoms with Crippen LogP contribution in [0.5, 0.6) is 5.75 Å². The van der Waals surface area contributed by atoms with E-state index >= 15 is 0 Å². The molecule has 1 aliphatic rings. The number of nitrogens with zero attached hydrogens (tertiary/aromatic N) is 1. The number of benzene rings is 4. The lowest BCUT2D eigenvalue weighted by Crippen LogP contribution is -2.31. The average Bonchev–Trinajstić information content (AvgIpc) is 3.31. The molecule has 5 rings (SSSR count). The van der Waals surface area contributed by atoms with E-state index in [4.69, 9.17) is 4.74 Å². The number of anilines is 2. The molecule has 8 nitrogen and oxygen atoms in total. The lowest BCUT2D eigenvalue weighted by molar-refractivity contribution is -0.121. The molecule has 2 N–H and O–H groups in total. The van der Waals surface area contributed by atoms with Crippen LogP contribution in [0.25, 0.3) is 6.08 Å². The number of nitrogens with one attached hydrogen (secondary N) is 2. The van der Waals surface area contributed by atoms with E-state index in [1.165, 1.54) is 16.7 Å². The predicted molar refractivity (Wildman–Crippen MR) is 175 cm³/mol. The Kier molecular flexibility index (Phi) is 9.93. The monoisotopic (exact) mass is 669 g/mol. The van der Waals surface area contributed by atoms with Gasteiger partial charge >= 0.3 is 0 Å². The van der Waals surface area contributed by atoms with Gasteiger partial charge in [0.15, 0.2) is 0 Å². The smallest absolute Gasteiger partial charge is 0.272 e. The van der Waals surface area contributed by atoms with Crippen LogP contribution in [0.15, 0.2) is 118 Å². The number of imide groups is 1. The van der Waals surface area contributed by atoms with Gasteiger partial charge < -0.3 is 15.4 Å². The van der Waals surface area contributed by atoms with E-state index in [2.05, 4.69) is 26.6 Å². The van der Waals surface area contributed by atoms with Crippen molar-refractivity contribution in [1.82, 2.24) is 5.32 Å². The van der Waals surface area contributed by atoms with E-state index in [9.17, 15) is 19.2 Å². The Morgan fingerprint density at radius 2 is 1.61 bits per heavy atom. The molecule has 1 aliphatic heterocycles. The van der Waals surface area contributed by atoms with Crippen LogP contribution in [0, 0.1) is 0 Å². The average molecular weight is 671 g/mol. The lowest BCUT2D eigenvalue weighted by atomic mass is 10.1. The second-order valence-electron chi connectivity index (χ2n) is 9.71. The van der Waals surface area contributed by atoms with Crippen molar-refractivity contribution in [1.29, 1.82) is 0 Å². The number of ether oxygens (including phenoxy) is 1. The molecule has 1 heterocycles. The van der Waals surface area contributed by atoms with Crippen molar-refractivity contribution in [3.8, 4) is 5.75 Å². The molecule has 0 saturated carbocycles. The quantitative estimate of drug-likeness (QED) is 0.144. The second kappa shape index (κ2) is 14.2. The highest BCUT2D eigenvalue weighted by molar-refractivity contribution is 9.10. The fourth-order valence-electron chi connectivity index (χ4n) is 4.47. The minimum absolute atomic E-state index is 0.0598. The van der Waals surface area contributed by atoms with Gasteiger partial charge in [0.05, 0.1) is 17.5 Å². The third-order valence-corrected chi connectivity index (χ3v) is 8.34. The molecule has 0 radical (unpaired) electrons. The van der Waals surface area contributed by atoms with Crippen LogP contribution < -0.4 is 20.3 Å².